The second-order valence-corrected chi connectivity index (χ2v) is 3.26. The zero-order valence-electron chi connectivity index (χ0n) is 7.55. The third-order valence-corrected chi connectivity index (χ3v) is 2.10. The van der Waals surface area contributed by atoms with E-state index < -0.39 is 0 Å². The molecule has 0 fully saturated rings. The number of carbonyl (C=O) groups excluding carboxylic acids is 1. The summed E-state index contributed by atoms with van der Waals surface area (Å²) in [5.41, 5.74) is 0. The second-order valence-electron chi connectivity index (χ2n) is 2.70. The van der Waals surface area contributed by atoms with Gasteiger partial charge in [0.15, 0.2) is 5.78 Å². The Hall–Kier alpha value is -0.150. The maximum atomic E-state index is 11.0. The molecular formula is C9H16BrNO. The van der Waals surface area contributed by atoms with Gasteiger partial charge in [-0.25, -0.2) is 0 Å². The Kier molecular flexibility index (Phi) is 7.40. The molecule has 2 nitrogen and oxygen atoms in total. The molecule has 0 radical (unpaired) electrons. The highest BCUT2D eigenvalue weighted by molar-refractivity contribution is 9.09. The average molecular weight is 234 g/mol. The van der Waals surface area contributed by atoms with Gasteiger partial charge in [0.2, 0.25) is 0 Å². The molecule has 0 rings (SSSR count). The normalized spacial score (nSPS) is 10.2. The van der Waals surface area contributed by atoms with Gasteiger partial charge in [0, 0.05) is 6.54 Å². The van der Waals surface area contributed by atoms with E-state index in [2.05, 4.69) is 34.3 Å². The van der Waals surface area contributed by atoms with Crippen molar-refractivity contribution in [3.05, 3.63) is 12.7 Å². The summed E-state index contributed by atoms with van der Waals surface area (Å²) in [4.78, 5) is 13.1. The van der Waals surface area contributed by atoms with Gasteiger partial charge in [-0.05, 0) is 13.0 Å². The summed E-state index contributed by atoms with van der Waals surface area (Å²) < 4.78 is 0. The largest absolute Gasteiger partial charge is 0.297 e. The van der Waals surface area contributed by atoms with Crippen molar-refractivity contribution in [3.8, 4) is 0 Å². The van der Waals surface area contributed by atoms with Crippen molar-refractivity contribution in [1.29, 1.82) is 0 Å². The SMILES string of the molecule is C=CCN(CCC)CC(=O)CBr. The summed E-state index contributed by atoms with van der Waals surface area (Å²) >= 11 is 3.14. The van der Waals surface area contributed by atoms with Gasteiger partial charge in [0.25, 0.3) is 0 Å². The topological polar surface area (TPSA) is 20.3 Å². The molecule has 0 aromatic heterocycles. The van der Waals surface area contributed by atoms with Gasteiger partial charge in [-0.15, -0.1) is 6.58 Å². The van der Waals surface area contributed by atoms with Gasteiger partial charge in [0.1, 0.15) is 0 Å². The third-order valence-electron chi connectivity index (χ3n) is 1.48. The van der Waals surface area contributed by atoms with Crippen LogP contribution in [0.4, 0.5) is 0 Å². The molecule has 0 aliphatic heterocycles. The van der Waals surface area contributed by atoms with Crippen LogP contribution in [0.5, 0.6) is 0 Å². The highest BCUT2D eigenvalue weighted by Gasteiger charge is 2.06. The van der Waals surface area contributed by atoms with Crippen LogP contribution in [0.2, 0.25) is 0 Å². The second kappa shape index (κ2) is 7.50. The van der Waals surface area contributed by atoms with Crippen LogP contribution in [0.15, 0.2) is 12.7 Å². The average Bonchev–Trinajstić information content (AvgIpc) is 2.05. The Bertz CT molecular complexity index is 147. The van der Waals surface area contributed by atoms with Crippen molar-refractivity contribution >= 4 is 21.7 Å². The lowest BCUT2D eigenvalue weighted by Crippen LogP contribution is -2.31. The van der Waals surface area contributed by atoms with E-state index in [1.165, 1.54) is 0 Å². The molecule has 3 heteroatoms. The van der Waals surface area contributed by atoms with Crippen molar-refractivity contribution < 1.29 is 4.79 Å². The molecule has 12 heavy (non-hydrogen) atoms. The van der Waals surface area contributed by atoms with Gasteiger partial charge in [-0.3, -0.25) is 9.69 Å². The first-order chi connectivity index (χ1) is 5.74. The molecule has 0 unspecified atom stereocenters. The zero-order chi connectivity index (χ0) is 9.40. The lowest BCUT2D eigenvalue weighted by Gasteiger charge is -2.17. The van der Waals surface area contributed by atoms with Crippen LogP contribution >= 0.6 is 15.9 Å². The van der Waals surface area contributed by atoms with E-state index >= 15 is 0 Å². The third kappa shape index (κ3) is 5.49. The quantitative estimate of drug-likeness (QED) is 0.495. The highest BCUT2D eigenvalue weighted by atomic mass is 79.9. The predicted molar refractivity (Wildman–Crippen MR) is 55.7 cm³/mol. The Morgan fingerprint density at radius 2 is 2.33 bits per heavy atom. The molecule has 0 bridgehead atoms. The Labute approximate surface area is 82.8 Å². The predicted octanol–water partition coefficient (Wildman–Crippen LogP) is 1.85. The van der Waals surface area contributed by atoms with Crippen molar-refractivity contribution in [2.24, 2.45) is 0 Å². The Morgan fingerprint density at radius 1 is 1.67 bits per heavy atom. The minimum atomic E-state index is 0.227. The zero-order valence-corrected chi connectivity index (χ0v) is 9.14. The number of rotatable bonds is 7. The molecule has 0 aromatic rings. The van der Waals surface area contributed by atoms with E-state index in [1.54, 1.807) is 0 Å². The van der Waals surface area contributed by atoms with Crippen molar-refractivity contribution in [2.75, 3.05) is 25.0 Å². The van der Waals surface area contributed by atoms with Gasteiger partial charge >= 0.3 is 0 Å². The smallest absolute Gasteiger partial charge is 0.157 e. The van der Waals surface area contributed by atoms with Gasteiger partial charge < -0.3 is 0 Å². The molecule has 70 valence electrons. The van der Waals surface area contributed by atoms with Crippen LogP contribution in [0.3, 0.4) is 0 Å². The number of halogens is 1. The van der Waals surface area contributed by atoms with E-state index in [9.17, 15) is 4.79 Å². The van der Waals surface area contributed by atoms with Crippen LogP contribution in [0, 0.1) is 0 Å². The van der Waals surface area contributed by atoms with E-state index in [-0.39, 0.29) is 5.78 Å². The lowest BCUT2D eigenvalue weighted by atomic mass is 10.3. The molecule has 0 aromatic carbocycles. The van der Waals surface area contributed by atoms with Crippen LogP contribution in [0.25, 0.3) is 0 Å². The first kappa shape index (κ1) is 11.8. The van der Waals surface area contributed by atoms with E-state index in [0.717, 1.165) is 19.5 Å². The van der Waals surface area contributed by atoms with E-state index in [1.807, 2.05) is 6.08 Å². The monoisotopic (exact) mass is 233 g/mol. The molecular weight excluding hydrogens is 218 g/mol. The summed E-state index contributed by atoms with van der Waals surface area (Å²) in [6.45, 7) is 8.05. The number of ketones is 1. The maximum absolute atomic E-state index is 11.0. The minimum absolute atomic E-state index is 0.227. The molecule has 0 aliphatic rings. The summed E-state index contributed by atoms with van der Waals surface area (Å²) in [6, 6.07) is 0. The number of hydrogen-bond acceptors (Lipinski definition) is 2. The Balaban J connectivity index is 3.76. The minimum Gasteiger partial charge on any atom is -0.297 e. The highest BCUT2D eigenvalue weighted by Crippen LogP contribution is 1.93. The summed E-state index contributed by atoms with van der Waals surface area (Å²) in [5, 5.41) is 0.449. The lowest BCUT2D eigenvalue weighted by molar-refractivity contribution is -0.117. The van der Waals surface area contributed by atoms with Gasteiger partial charge in [-0.2, -0.15) is 0 Å². The van der Waals surface area contributed by atoms with Crippen LogP contribution in [0.1, 0.15) is 13.3 Å². The van der Waals surface area contributed by atoms with Crippen molar-refractivity contribution in [3.63, 3.8) is 0 Å². The summed E-state index contributed by atoms with van der Waals surface area (Å²) in [7, 11) is 0. The molecule has 0 saturated heterocycles. The number of nitrogens with zero attached hydrogens (tertiary/aromatic N) is 1. The molecule has 0 aliphatic carbocycles. The molecule has 0 heterocycles. The van der Waals surface area contributed by atoms with E-state index in [0.29, 0.717) is 11.9 Å². The fourth-order valence-electron chi connectivity index (χ4n) is 1.03. The fourth-order valence-corrected chi connectivity index (χ4v) is 1.20. The summed E-state index contributed by atoms with van der Waals surface area (Å²) in [6.07, 6.45) is 2.90. The van der Waals surface area contributed by atoms with Gasteiger partial charge in [0.05, 0.1) is 11.9 Å². The molecule has 0 amide bonds. The number of Topliss-reactive ketones (excluding diaryl/α,β-unsaturated/α-hetero) is 1. The number of alkyl halides is 1. The first-order valence-electron chi connectivity index (χ1n) is 4.15. The van der Waals surface area contributed by atoms with Crippen LogP contribution in [-0.2, 0) is 4.79 Å². The maximum Gasteiger partial charge on any atom is 0.157 e. The number of carbonyl (C=O) groups is 1. The standard InChI is InChI=1S/C9H16BrNO/c1-3-5-11(6-4-2)8-9(12)7-10/h3H,1,4-8H2,2H3. The fraction of sp³-hybridized carbons (Fsp3) is 0.667. The van der Waals surface area contributed by atoms with Crippen molar-refractivity contribution in [2.45, 2.75) is 13.3 Å². The van der Waals surface area contributed by atoms with Crippen molar-refractivity contribution in [1.82, 2.24) is 4.90 Å². The number of hydrogen-bond donors (Lipinski definition) is 0. The molecule has 0 saturated carbocycles. The Morgan fingerprint density at radius 3 is 2.75 bits per heavy atom. The van der Waals surface area contributed by atoms with Crippen LogP contribution in [-0.4, -0.2) is 35.6 Å². The molecule has 0 N–H and O–H groups in total. The molecule has 0 spiro atoms. The van der Waals surface area contributed by atoms with E-state index in [4.69, 9.17) is 0 Å². The van der Waals surface area contributed by atoms with Crippen LogP contribution < -0.4 is 0 Å². The molecule has 0 atom stereocenters. The first-order valence-corrected chi connectivity index (χ1v) is 5.27. The summed E-state index contributed by atoms with van der Waals surface area (Å²) in [5.74, 6) is 0.227. The van der Waals surface area contributed by atoms with Gasteiger partial charge in [-0.1, -0.05) is 28.9 Å².